The lowest BCUT2D eigenvalue weighted by molar-refractivity contribution is 0.0697. The predicted molar refractivity (Wildman–Crippen MR) is 119 cm³/mol. The van der Waals surface area contributed by atoms with Crippen LogP contribution in [0.2, 0.25) is 0 Å². The molecule has 0 amide bonds. The van der Waals surface area contributed by atoms with E-state index in [1.807, 2.05) is 63.7 Å². The molecule has 1 aliphatic rings. The van der Waals surface area contributed by atoms with Gasteiger partial charge < -0.3 is 10.0 Å². The summed E-state index contributed by atoms with van der Waals surface area (Å²) >= 11 is 0. The van der Waals surface area contributed by atoms with Crippen molar-refractivity contribution >= 4 is 34.3 Å². The SMILES string of the molecule is CC1=C(c2ccc(C(=O)O)cc2)C(=Nc2ccc(N(C)C)cc2C)c2nnc(C)n21. The maximum atomic E-state index is 11.2. The van der Waals surface area contributed by atoms with Gasteiger partial charge in [0.2, 0.25) is 0 Å². The van der Waals surface area contributed by atoms with Gasteiger partial charge >= 0.3 is 5.97 Å². The van der Waals surface area contributed by atoms with Crippen LogP contribution in [-0.4, -0.2) is 45.6 Å². The summed E-state index contributed by atoms with van der Waals surface area (Å²) in [5.41, 5.74) is 6.80. The summed E-state index contributed by atoms with van der Waals surface area (Å²) in [7, 11) is 4.01. The van der Waals surface area contributed by atoms with Crippen LogP contribution >= 0.6 is 0 Å². The molecule has 0 radical (unpaired) electrons. The fourth-order valence-corrected chi connectivity index (χ4v) is 3.71. The highest BCUT2D eigenvalue weighted by atomic mass is 16.4. The second-order valence-electron chi connectivity index (χ2n) is 7.57. The second kappa shape index (κ2) is 7.26. The van der Waals surface area contributed by atoms with E-state index < -0.39 is 5.97 Å². The highest BCUT2D eigenvalue weighted by Crippen LogP contribution is 2.36. The molecule has 1 N–H and O–H groups in total. The van der Waals surface area contributed by atoms with Crippen LogP contribution in [-0.2, 0) is 0 Å². The Morgan fingerprint density at radius 2 is 1.73 bits per heavy atom. The molecule has 0 atom stereocenters. The third kappa shape index (κ3) is 3.18. The number of rotatable bonds is 4. The third-order valence-electron chi connectivity index (χ3n) is 5.32. The maximum absolute atomic E-state index is 11.2. The van der Waals surface area contributed by atoms with Crippen LogP contribution in [0.3, 0.4) is 0 Å². The third-order valence-corrected chi connectivity index (χ3v) is 5.32. The highest BCUT2D eigenvalue weighted by Gasteiger charge is 2.30. The zero-order valence-corrected chi connectivity index (χ0v) is 17.6. The zero-order valence-electron chi connectivity index (χ0n) is 17.6. The monoisotopic (exact) mass is 401 g/mol. The number of allylic oxidation sites excluding steroid dienone is 2. The van der Waals surface area contributed by atoms with Crippen molar-refractivity contribution in [3.8, 4) is 0 Å². The molecular weight excluding hydrogens is 378 g/mol. The Hall–Kier alpha value is -3.74. The van der Waals surface area contributed by atoms with E-state index in [0.29, 0.717) is 5.82 Å². The smallest absolute Gasteiger partial charge is 0.335 e. The van der Waals surface area contributed by atoms with E-state index in [9.17, 15) is 9.90 Å². The molecule has 152 valence electrons. The lowest BCUT2D eigenvalue weighted by atomic mass is 9.99. The van der Waals surface area contributed by atoms with Crippen molar-refractivity contribution in [3.63, 3.8) is 0 Å². The number of carboxylic acids is 1. The van der Waals surface area contributed by atoms with E-state index in [-0.39, 0.29) is 5.56 Å². The van der Waals surface area contributed by atoms with Crippen molar-refractivity contribution in [1.29, 1.82) is 0 Å². The number of hydrogen-bond donors (Lipinski definition) is 1. The molecular formula is C23H23N5O2. The first kappa shape index (κ1) is 19.6. The van der Waals surface area contributed by atoms with Crippen LogP contribution in [0.15, 0.2) is 47.5 Å². The van der Waals surface area contributed by atoms with Gasteiger partial charge in [-0.15, -0.1) is 10.2 Å². The van der Waals surface area contributed by atoms with Crippen molar-refractivity contribution < 1.29 is 9.90 Å². The fourth-order valence-electron chi connectivity index (χ4n) is 3.71. The molecule has 0 saturated carbocycles. The number of fused-ring (bicyclic) bond motifs is 1. The number of aromatic carboxylic acids is 1. The summed E-state index contributed by atoms with van der Waals surface area (Å²) in [4.78, 5) is 18.3. The summed E-state index contributed by atoms with van der Waals surface area (Å²) in [6.07, 6.45) is 0. The van der Waals surface area contributed by atoms with Gasteiger partial charge in [0.15, 0.2) is 5.82 Å². The van der Waals surface area contributed by atoms with E-state index >= 15 is 0 Å². The molecule has 2 aromatic carbocycles. The molecule has 0 saturated heterocycles. The van der Waals surface area contributed by atoms with Crippen molar-refractivity contribution in [2.24, 2.45) is 4.99 Å². The van der Waals surface area contributed by atoms with Crippen LogP contribution in [0, 0.1) is 13.8 Å². The number of anilines is 1. The van der Waals surface area contributed by atoms with Crippen molar-refractivity contribution in [3.05, 3.63) is 70.8 Å². The number of nitrogens with zero attached hydrogens (tertiary/aromatic N) is 5. The Kier molecular flexibility index (Phi) is 4.73. The van der Waals surface area contributed by atoms with Crippen molar-refractivity contribution in [1.82, 2.24) is 14.8 Å². The highest BCUT2D eigenvalue weighted by molar-refractivity contribution is 6.38. The zero-order chi connectivity index (χ0) is 21.6. The average molecular weight is 401 g/mol. The molecule has 0 fully saturated rings. The quantitative estimate of drug-likeness (QED) is 0.709. The van der Waals surface area contributed by atoms with Gasteiger partial charge in [-0.3, -0.25) is 4.57 Å². The van der Waals surface area contributed by atoms with Crippen LogP contribution in [0.5, 0.6) is 0 Å². The largest absolute Gasteiger partial charge is 0.478 e. The molecule has 7 nitrogen and oxygen atoms in total. The summed E-state index contributed by atoms with van der Waals surface area (Å²) in [5, 5.41) is 17.8. The molecule has 0 unspecified atom stereocenters. The van der Waals surface area contributed by atoms with Crippen LogP contribution in [0.1, 0.15) is 40.1 Å². The molecule has 1 aliphatic heterocycles. The number of hydrogen-bond acceptors (Lipinski definition) is 5. The Bertz CT molecular complexity index is 1220. The number of carbonyl (C=O) groups is 1. The molecule has 4 rings (SSSR count). The molecule has 2 heterocycles. The minimum Gasteiger partial charge on any atom is -0.478 e. The number of aliphatic imine (C=N–C) groups is 1. The van der Waals surface area contributed by atoms with Crippen molar-refractivity contribution in [2.45, 2.75) is 20.8 Å². The first-order valence-electron chi connectivity index (χ1n) is 9.62. The standard InChI is InChI=1S/C23H23N5O2/c1-13-12-18(27(4)5)10-11-19(13)24-21-20(14(2)28-15(3)25-26-22(21)28)16-6-8-17(9-7-16)23(29)30/h6-12H,1-5H3,(H,29,30). The van der Waals surface area contributed by atoms with E-state index in [1.165, 1.54) is 0 Å². The van der Waals surface area contributed by atoms with Gasteiger partial charge in [-0.25, -0.2) is 9.79 Å². The summed E-state index contributed by atoms with van der Waals surface area (Å²) in [6, 6.07) is 13.0. The molecule has 30 heavy (non-hydrogen) atoms. The van der Waals surface area contributed by atoms with Gasteiger partial charge in [0.1, 0.15) is 11.5 Å². The van der Waals surface area contributed by atoms with E-state index in [0.717, 1.165) is 45.3 Å². The minimum atomic E-state index is -0.947. The van der Waals surface area contributed by atoms with Gasteiger partial charge in [-0.05, 0) is 62.2 Å². The number of benzene rings is 2. The molecule has 0 bridgehead atoms. The molecule has 0 aliphatic carbocycles. The first-order valence-corrected chi connectivity index (χ1v) is 9.62. The van der Waals surface area contributed by atoms with E-state index in [1.54, 1.807) is 12.1 Å². The molecule has 0 spiro atoms. The summed E-state index contributed by atoms with van der Waals surface area (Å²) in [5.74, 6) is 0.530. The summed E-state index contributed by atoms with van der Waals surface area (Å²) < 4.78 is 1.99. The lowest BCUT2D eigenvalue weighted by Gasteiger charge is -2.14. The van der Waals surface area contributed by atoms with Gasteiger partial charge in [-0.2, -0.15) is 0 Å². The summed E-state index contributed by atoms with van der Waals surface area (Å²) in [6.45, 7) is 5.95. The van der Waals surface area contributed by atoms with E-state index in [4.69, 9.17) is 4.99 Å². The van der Waals surface area contributed by atoms with Gasteiger partial charge in [-0.1, -0.05) is 12.1 Å². The average Bonchev–Trinajstić information content (AvgIpc) is 3.22. The lowest BCUT2D eigenvalue weighted by Crippen LogP contribution is -2.08. The molecule has 7 heteroatoms. The minimum absolute atomic E-state index is 0.249. The maximum Gasteiger partial charge on any atom is 0.335 e. The van der Waals surface area contributed by atoms with Crippen LogP contribution in [0.25, 0.3) is 11.3 Å². The van der Waals surface area contributed by atoms with E-state index in [2.05, 4.69) is 21.2 Å². The first-order chi connectivity index (χ1) is 14.3. The number of aromatic nitrogens is 3. The molecule has 3 aromatic rings. The van der Waals surface area contributed by atoms with Gasteiger partial charge in [0.25, 0.3) is 0 Å². The fraction of sp³-hybridized carbons (Fsp3) is 0.217. The van der Waals surface area contributed by atoms with Crippen LogP contribution in [0.4, 0.5) is 11.4 Å². The van der Waals surface area contributed by atoms with Crippen LogP contribution < -0.4 is 4.90 Å². The normalized spacial score (nSPS) is 14.4. The Labute approximate surface area is 175 Å². The Morgan fingerprint density at radius 3 is 2.33 bits per heavy atom. The number of carboxylic acid groups (broad SMARTS) is 1. The predicted octanol–water partition coefficient (Wildman–Crippen LogP) is 4.18. The van der Waals surface area contributed by atoms with Gasteiger partial charge in [0, 0.05) is 31.1 Å². The molecule has 1 aromatic heterocycles. The van der Waals surface area contributed by atoms with Crippen molar-refractivity contribution in [2.75, 3.05) is 19.0 Å². The number of aryl methyl sites for hydroxylation is 2. The topological polar surface area (TPSA) is 83.6 Å². The van der Waals surface area contributed by atoms with Gasteiger partial charge in [0.05, 0.1) is 11.3 Å². The Morgan fingerprint density at radius 1 is 1.03 bits per heavy atom. The second-order valence-corrected chi connectivity index (χ2v) is 7.57. The Balaban J connectivity index is 1.88.